The van der Waals surface area contributed by atoms with Gasteiger partial charge >= 0.3 is 0 Å². The number of amides is 1. The quantitative estimate of drug-likeness (QED) is 0.840. The molecule has 1 aliphatic rings. The molecule has 0 fully saturated rings. The second kappa shape index (κ2) is 5.41. The van der Waals surface area contributed by atoms with Crippen LogP contribution < -0.4 is 9.64 Å². The van der Waals surface area contributed by atoms with Gasteiger partial charge in [-0.1, -0.05) is 29.8 Å². The summed E-state index contributed by atoms with van der Waals surface area (Å²) in [6.07, 6.45) is -0.473. The van der Waals surface area contributed by atoms with Crippen molar-refractivity contribution in [3.8, 4) is 5.75 Å². The molecule has 0 aliphatic carbocycles. The molecule has 0 radical (unpaired) electrons. The third-order valence-corrected chi connectivity index (χ3v) is 3.79. The first kappa shape index (κ1) is 14.0. The molecule has 3 rings (SSSR count). The summed E-state index contributed by atoms with van der Waals surface area (Å²) in [4.78, 5) is 14.2. The number of fused-ring (bicyclic) bond motifs is 1. The van der Waals surface area contributed by atoms with Crippen molar-refractivity contribution in [2.75, 3.05) is 4.90 Å². The van der Waals surface area contributed by atoms with Crippen molar-refractivity contribution in [3.63, 3.8) is 0 Å². The standard InChI is InChI=1S/C17H16ClNO2/c1-11-6-7-16-15(8-11)19(17(20)12(2)21-16)10-13-4-3-5-14(18)9-13/h3-9,12H,10H2,1-2H3. The predicted molar refractivity (Wildman–Crippen MR) is 83.9 cm³/mol. The zero-order chi connectivity index (χ0) is 15.0. The van der Waals surface area contributed by atoms with Crippen LogP contribution in [0.1, 0.15) is 18.1 Å². The second-order valence-electron chi connectivity index (χ2n) is 5.29. The summed E-state index contributed by atoms with van der Waals surface area (Å²) in [5.74, 6) is 0.711. The van der Waals surface area contributed by atoms with Crippen LogP contribution in [-0.2, 0) is 11.3 Å². The number of benzene rings is 2. The first-order valence-corrected chi connectivity index (χ1v) is 7.25. The summed E-state index contributed by atoms with van der Waals surface area (Å²) >= 11 is 6.02. The van der Waals surface area contributed by atoms with Crippen molar-refractivity contribution in [2.24, 2.45) is 0 Å². The number of anilines is 1. The van der Waals surface area contributed by atoms with Crippen LogP contribution in [0.15, 0.2) is 42.5 Å². The molecule has 0 saturated carbocycles. The summed E-state index contributed by atoms with van der Waals surface area (Å²) in [7, 11) is 0. The van der Waals surface area contributed by atoms with Gasteiger partial charge in [-0.3, -0.25) is 4.79 Å². The van der Waals surface area contributed by atoms with Crippen molar-refractivity contribution in [3.05, 3.63) is 58.6 Å². The zero-order valence-electron chi connectivity index (χ0n) is 12.0. The summed E-state index contributed by atoms with van der Waals surface area (Å²) in [5, 5.41) is 0.672. The predicted octanol–water partition coefficient (Wildman–Crippen LogP) is 3.96. The minimum Gasteiger partial charge on any atom is -0.479 e. The van der Waals surface area contributed by atoms with Crippen LogP contribution in [0.4, 0.5) is 5.69 Å². The summed E-state index contributed by atoms with van der Waals surface area (Å²) in [6, 6.07) is 13.4. The number of carbonyl (C=O) groups excluding carboxylic acids is 1. The van der Waals surface area contributed by atoms with E-state index < -0.39 is 6.10 Å². The molecule has 1 amide bonds. The number of carbonyl (C=O) groups is 1. The average molecular weight is 302 g/mol. The maximum atomic E-state index is 12.5. The van der Waals surface area contributed by atoms with Gasteiger partial charge in [0.05, 0.1) is 12.2 Å². The molecule has 2 aromatic carbocycles. The molecule has 0 aromatic heterocycles. The lowest BCUT2D eigenvalue weighted by molar-refractivity contribution is -0.125. The Labute approximate surface area is 129 Å². The molecule has 1 aliphatic heterocycles. The highest BCUT2D eigenvalue weighted by Gasteiger charge is 2.31. The van der Waals surface area contributed by atoms with Crippen LogP contribution in [0, 0.1) is 6.92 Å². The minimum absolute atomic E-state index is 0.0342. The van der Waals surface area contributed by atoms with Crippen LogP contribution >= 0.6 is 11.6 Å². The van der Waals surface area contributed by atoms with Gasteiger partial charge in [0, 0.05) is 5.02 Å². The molecule has 4 heteroatoms. The van der Waals surface area contributed by atoms with Crippen molar-refractivity contribution >= 4 is 23.2 Å². The fraction of sp³-hybridized carbons (Fsp3) is 0.235. The molecule has 0 bridgehead atoms. The van der Waals surface area contributed by atoms with Crippen molar-refractivity contribution in [2.45, 2.75) is 26.5 Å². The fourth-order valence-corrected chi connectivity index (χ4v) is 2.71. The Balaban J connectivity index is 2.00. The Morgan fingerprint density at radius 2 is 2.05 bits per heavy atom. The van der Waals surface area contributed by atoms with Gasteiger partial charge in [0.1, 0.15) is 5.75 Å². The first-order chi connectivity index (χ1) is 10.0. The Morgan fingerprint density at radius 3 is 2.81 bits per heavy atom. The number of nitrogens with zero attached hydrogens (tertiary/aromatic N) is 1. The highest BCUT2D eigenvalue weighted by atomic mass is 35.5. The lowest BCUT2D eigenvalue weighted by atomic mass is 10.1. The van der Waals surface area contributed by atoms with Gasteiger partial charge in [-0.15, -0.1) is 0 Å². The minimum atomic E-state index is -0.473. The first-order valence-electron chi connectivity index (χ1n) is 6.88. The summed E-state index contributed by atoms with van der Waals surface area (Å²) in [5.41, 5.74) is 2.91. The van der Waals surface area contributed by atoms with E-state index in [2.05, 4.69) is 0 Å². The molecule has 1 atom stereocenters. The van der Waals surface area contributed by atoms with Crippen LogP contribution in [0.5, 0.6) is 5.75 Å². The maximum Gasteiger partial charge on any atom is 0.268 e. The number of hydrogen-bond donors (Lipinski definition) is 0. The number of rotatable bonds is 2. The molecule has 3 nitrogen and oxygen atoms in total. The lowest BCUT2D eigenvalue weighted by Crippen LogP contribution is -2.44. The zero-order valence-corrected chi connectivity index (χ0v) is 12.7. The van der Waals surface area contributed by atoms with Gasteiger partial charge in [0.15, 0.2) is 6.10 Å². The summed E-state index contributed by atoms with van der Waals surface area (Å²) in [6.45, 7) is 4.26. The molecule has 108 valence electrons. The van der Waals surface area contributed by atoms with Gasteiger partial charge in [0.2, 0.25) is 0 Å². The molecule has 0 N–H and O–H groups in total. The maximum absolute atomic E-state index is 12.5. The van der Waals surface area contributed by atoms with E-state index in [-0.39, 0.29) is 5.91 Å². The van der Waals surface area contributed by atoms with E-state index in [1.165, 1.54) is 0 Å². The van der Waals surface area contributed by atoms with Gasteiger partial charge in [-0.2, -0.15) is 0 Å². The molecule has 21 heavy (non-hydrogen) atoms. The molecular weight excluding hydrogens is 286 g/mol. The van der Waals surface area contributed by atoms with E-state index in [4.69, 9.17) is 16.3 Å². The number of ether oxygens (including phenoxy) is 1. The van der Waals surface area contributed by atoms with Crippen LogP contribution in [-0.4, -0.2) is 12.0 Å². The average Bonchev–Trinajstić information content (AvgIpc) is 2.45. The molecule has 1 unspecified atom stereocenters. The van der Waals surface area contributed by atoms with Crippen molar-refractivity contribution < 1.29 is 9.53 Å². The van der Waals surface area contributed by atoms with Crippen LogP contribution in [0.2, 0.25) is 5.02 Å². The highest BCUT2D eigenvalue weighted by molar-refractivity contribution is 6.30. The van der Waals surface area contributed by atoms with E-state index in [1.54, 1.807) is 11.8 Å². The number of aryl methyl sites for hydroxylation is 1. The summed E-state index contributed by atoms with van der Waals surface area (Å²) < 4.78 is 5.67. The Bertz CT molecular complexity index is 699. The lowest BCUT2D eigenvalue weighted by Gasteiger charge is -2.33. The van der Waals surface area contributed by atoms with E-state index in [1.807, 2.05) is 49.4 Å². The van der Waals surface area contributed by atoms with Crippen molar-refractivity contribution in [1.29, 1.82) is 0 Å². The third kappa shape index (κ3) is 2.74. The van der Waals surface area contributed by atoms with Gasteiger partial charge in [-0.25, -0.2) is 0 Å². The highest BCUT2D eigenvalue weighted by Crippen LogP contribution is 2.35. The second-order valence-corrected chi connectivity index (χ2v) is 5.72. The van der Waals surface area contributed by atoms with E-state index in [9.17, 15) is 4.79 Å². The molecule has 1 heterocycles. The van der Waals surface area contributed by atoms with Crippen molar-refractivity contribution in [1.82, 2.24) is 0 Å². The Hall–Kier alpha value is -2.00. The molecule has 2 aromatic rings. The van der Waals surface area contributed by atoms with E-state index in [0.717, 1.165) is 22.6 Å². The fourth-order valence-electron chi connectivity index (χ4n) is 2.50. The van der Waals surface area contributed by atoms with Gasteiger partial charge in [0.25, 0.3) is 5.91 Å². The largest absolute Gasteiger partial charge is 0.479 e. The molecule has 0 saturated heterocycles. The topological polar surface area (TPSA) is 29.5 Å². The van der Waals surface area contributed by atoms with Gasteiger partial charge in [-0.05, 0) is 49.2 Å². The Morgan fingerprint density at radius 1 is 1.24 bits per heavy atom. The number of hydrogen-bond acceptors (Lipinski definition) is 2. The molecular formula is C17H16ClNO2. The number of halogens is 1. The smallest absolute Gasteiger partial charge is 0.268 e. The Kier molecular flexibility index (Phi) is 3.60. The van der Waals surface area contributed by atoms with E-state index >= 15 is 0 Å². The normalized spacial score (nSPS) is 17.4. The van der Waals surface area contributed by atoms with Gasteiger partial charge < -0.3 is 9.64 Å². The SMILES string of the molecule is Cc1ccc2c(c1)N(Cc1cccc(Cl)c1)C(=O)C(C)O2. The van der Waals surface area contributed by atoms with E-state index in [0.29, 0.717) is 11.6 Å². The van der Waals surface area contributed by atoms with Crippen LogP contribution in [0.3, 0.4) is 0 Å². The third-order valence-electron chi connectivity index (χ3n) is 3.55. The monoisotopic (exact) mass is 301 g/mol. The molecule has 0 spiro atoms. The van der Waals surface area contributed by atoms with Crippen LogP contribution in [0.25, 0.3) is 0 Å².